The number of hydrogen-bond acceptors (Lipinski definition) is 4. The second kappa shape index (κ2) is 8.86. The van der Waals surface area contributed by atoms with E-state index in [1.807, 2.05) is 12.1 Å². The van der Waals surface area contributed by atoms with Crippen molar-refractivity contribution in [1.29, 1.82) is 10.5 Å². The largest absolute Gasteiger partial charge is 0.416 e. The molecule has 0 aliphatic heterocycles. The van der Waals surface area contributed by atoms with E-state index in [1.165, 1.54) is 24.3 Å². The number of nitrogens with zero attached hydrogens (tertiary/aromatic N) is 4. The van der Waals surface area contributed by atoms with Crippen LogP contribution in [0.1, 0.15) is 22.4 Å². The van der Waals surface area contributed by atoms with Crippen LogP contribution in [0.5, 0.6) is 0 Å². The molecule has 1 aliphatic rings. The van der Waals surface area contributed by atoms with Crippen LogP contribution >= 0.6 is 0 Å². The fraction of sp³-hybridized carbons (Fsp3) is 0.0714. The minimum atomic E-state index is -4.58. The summed E-state index contributed by atoms with van der Waals surface area (Å²) in [6.07, 6.45) is -9.15. The quantitative estimate of drug-likeness (QED) is 0.178. The lowest BCUT2D eigenvalue weighted by atomic mass is 10.00. The molecule has 1 aliphatic carbocycles. The van der Waals surface area contributed by atoms with Crippen molar-refractivity contribution in [3.8, 4) is 45.9 Å². The van der Waals surface area contributed by atoms with Crippen molar-refractivity contribution in [3.05, 3.63) is 101 Å². The third-order valence-electron chi connectivity index (χ3n) is 6.03. The van der Waals surface area contributed by atoms with Crippen LogP contribution in [0.2, 0.25) is 0 Å². The van der Waals surface area contributed by atoms with Gasteiger partial charge in [0.1, 0.15) is 23.4 Å². The number of rotatable bonds is 2. The molecule has 186 valence electrons. The maximum atomic E-state index is 13.2. The lowest BCUT2D eigenvalue weighted by Gasteiger charge is -2.14. The molecule has 0 unspecified atom stereocenters. The lowest BCUT2D eigenvalue weighted by Crippen LogP contribution is -2.05. The number of allylic oxidation sites excluding steroid dienone is 1. The first kappa shape index (κ1) is 24.7. The first-order chi connectivity index (χ1) is 18.0. The van der Waals surface area contributed by atoms with Crippen LogP contribution in [-0.2, 0) is 12.4 Å². The first-order valence-electron chi connectivity index (χ1n) is 10.9. The Hall–Kier alpha value is -4.96. The molecule has 4 aromatic rings. The van der Waals surface area contributed by atoms with Gasteiger partial charge in [-0.05, 0) is 29.8 Å². The summed E-state index contributed by atoms with van der Waals surface area (Å²) >= 11 is 0. The van der Waals surface area contributed by atoms with Gasteiger partial charge < -0.3 is 0 Å². The number of benzene rings is 3. The highest BCUT2D eigenvalue weighted by atomic mass is 19.4. The second-order valence-electron chi connectivity index (χ2n) is 8.29. The summed E-state index contributed by atoms with van der Waals surface area (Å²) in [6.45, 7) is 0. The number of halogens is 6. The van der Waals surface area contributed by atoms with Gasteiger partial charge >= 0.3 is 12.4 Å². The zero-order valence-corrected chi connectivity index (χ0v) is 19.0. The standard InChI is InChI=1S/C28H12F6N4/c29-27(30,31)18-9-5-15(6-10-18)23-24(16-7-11-19(12-8-16)28(32,33)34)38-26-22(17(13-35)14-36)20-3-1-2-4-21(20)25(26)37-23/h1-12H. The number of hydrogen-bond donors (Lipinski definition) is 0. The van der Waals surface area contributed by atoms with Crippen molar-refractivity contribution in [3.63, 3.8) is 0 Å². The second-order valence-corrected chi connectivity index (χ2v) is 8.29. The van der Waals surface area contributed by atoms with Crippen molar-refractivity contribution < 1.29 is 26.3 Å². The summed E-state index contributed by atoms with van der Waals surface area (Å²) in [5.41, 5.74) is 0.439. The maximum absolute atomic E-state index is 13.2. The van der Waals surface area contributed by atoms with E-state index < -0.39 is 23.5 Å². The van der Waals surface area contributed by atoms with E-state index in [0.29, 0.717) is 16.8 Å². The minimum absolute atomic E-state index is 0.0813. The topological polar surface area (TPSA) is 73.4 Å². The Morgan fingerprint density at radius 3 is 1.39 bits per heavy atom. The SMILES string of the molecule is N#CC(C#N)=C1c2ccccc2-c2nc(-c3ccc(C(F)(F)F)cc3)c(-c3ccc(C(F)(F)F)cc3)nc21. The van der Waals surface area contributed by atoms with Gasteiger partial charge in [-0.3, -0.25) is 0 Å². The predicted octanol–water partition coefficient (Wildman–Crippen LogP) is 7.68. The Labute approximate surface area is 211 Å². The summed E-state index contributed by atoms with van der Waals surface area (Å²) in [7, 11) is 0. The van der Waals surface area contributed by atoms with Crippen molar-refractivity contribution >= 4 is 5.57 Å². The van der Waals surface area contributed by atoms with Gasteiger partial charge in [-0.2, -0.15) is 36.9 Å². The van der Waals surface area contributed by atoms with Crippen LogP contribution in [0.3, 0.4) is 0 Å². The zero-order chi connectivity index (χ0) is 27.2. The highest BCUT2D eigenvalue weighted by molar-refractivity contribution is 6.02. The smallest absolute Gasteiger partial charge is 0.243 e. The van der Waals surface area contributed by atoms with Crippen LogP contribution in [0.4, 0.5) is 26.3 Å². The Kier molecular flexibility index (Phi) is 5.76. The average molecular weight is 518 g/mol. The fourth-order valence-corrected chi connectivity index (χ4v) is 4.26. The van der Waals surface area contributed by atoms with Gasteiger partial charge in [-0.1, -0.05) is 48.5 Å². The van der Waals surface area contributed by atoms with E-state index in [9.17, 15) is 36.9 Å². The normalized spacial score (nSPS) is 12.4. The van der Waals surface area contributed by atoms with Gasteiger partial charge in [0.25, 0.3) is 0 Å². The van der Waals surface area contributed by atoms with Gasteiger partial charge in [0.15, 0.2) is 0 Å². The molecule has 0 atom stereocenters. The van der Waals surface area contributed by atoms with E-state index in [-0.39, 0.29) is 39.4 Å². The van der Waals surface area contributed by atoms with Crippen LogP contribution in [0, 0.1) is 22.7 Å². The van der Waals surface area contributed by atoms with E-state index in [0.717, 1.165) is 24.3 Å². The summed E-state index contributed by atoms with van der Waals surface area (Å²) in [5, 5.41) is 19.2. The van der Waals surface area contributed by atoms with Gasteiger partial charge in [0.05, 0.1) is 28.2 Å². The van der Waals surface area contributed by atoms with Gasteiger partial charge in [0.2, 0.25) is 0 Å². The van der Waals surface area contributed by atoms with E-state index in [2.05, 4.69) is 9.97 Å². The summed E-state index contributed by atoms with van der Waals surface area (Å²) < 4.78 is 79.0. The van der Waals surface area contributed by atoms with E-state index in [4.69, 9.17) is 0 Å². The number of alkyl halides is 6. The zero-order valence-electron chi connectivity index (χ0n) is 19.0. The van der Waals surface area contributed by atoms with Crippen molar-refractivity contribution in [2.75, 3.05) is 0 Å². The molecule has 4 nitrogen and oxygen atoms in total. The van der Waals surface area contributed by atoms with Gasteiger partial charge in [0, 0.05) is 22.3 Å². The van der Waals surface area contributed by atoms with Gasteiger partial charge in [-0.25, -0.2) is 9.97 Å². The van der Waals surface area contributed by atoms with Crippen LogP contribution < -0.4 is 0 Å². The Morgan fingerprint density at radius 2 is 0.974 bits per heavy atom. The number of nitriles is 2. The minimum Gasteiger partial charge on any atom is -0.243 e. The number of aromatic nitrogens is 2. The van der Waals surface area contributed by atoms with E-state index >= 15 is 0 Å². The molecule has 38 heavy (non-hydrogen) atoms. The molecule has 5 rings (SSSR count). The Bertz CT molecular complexity index is 1670. The van der Waals surface area contributed by atoms with E-state index in [1.54, 1.807) is 24.3 Å². The first-order valence-corrected chi connectivity index (χ1v) is 10.9. The molecular formula is C28H12F6N4. The third-order valence-corrected chi connectivity index (χ3v) is 6.03. The molecule has 0 spiro atoms. The monoisotopic (exact) mass is 518 g/mol. The molecule has 1 aromatic heterocycles. The van der Waals surface area contributed by atoms with Gasteiger partial charge in [-0.15, -0.1) is 0 Å². The molecule has 0 bridgehead atoms. The molecule has 0 radical (unpaired) electrons. The molecule has 0 saturated heterocycles. The van der Waals surface area contributed by atoms with Crippen LogP contribution in [-0.4, -0.2) is 9.97 Å². The molecule has 0 fully saturated rings. The Morgan fingerprint density at radius 1 is 0.553 bits per heavy atom. The van der Waals surface area contributed by atoms with Crippen molar-refractivity contribution in [1.82, 2.24) is 9.97 Å². The third kappa shape index (κ3) is 4.16. The average Bonchev–Trinajstić information content (AvgIpc) is 3.21. The highest BCUT2D eigenvalue weighted by Gasteiger charge is 2.34. The molecule has 3 aromatic carbocycles. The summed E-state index contributed by atoms with van der Waals surface area (Å²) in [4.78, 5) is 9.34. The maximum Gasteiger partial charge on any atom is 0.416 e. The molecule has 1 heterocycles. The molecule has 0 amide bonds. The predicted molar refractivity (Wildman–Crippen MR) is 126 cm³/mol. The van der Waals surface area contributed by atoms with Crippen LogP contribution in [0.25, 0.3) is 39.3 Å². The Balaban J connectivity index is 1.80. The van der Waals surface area contributed by atoms with Crippen molar-refractivity contribution in [2.45, 2.75) is 12.4 Å². The lowest BCUT2D eigenvalue weighted by molar-refractivity contribution is -0.138. The molecule has 0 N–H and O–H groups in total. The molecule has 0 saturated carbocycles. The summed E-state index contributed by atoms with van der Waals surface area (Å²) in [6, 6.07) is 18.8. The highest BCUT2D eigenvalue weighted by Crippen LogP contribution is 2.46. The fourth-order valence-electron chi connectivity index (χ4n) is 4.26. The molecule has 10 heteroatoms. The van der Waals surface area contributed by atoms with Crippen LogP contribution in [0.15, 0.2) is 78.4 Å². The van der Waals surface area contributed by atoms with Crippen molar-refractivity contribution in [2.24, 2.45) is 0 Å². The number of fused-ring (bicyclic) bond motifs is 3. The molecular weight excluding hydrogens is 506 g/mol. The summed E-state index contributed by atoms with van der Waals surface area (Å²) in [5.74, 6) is 0.